The van der Waals surface area contributed by atoms with E-state index in [4.69, 9.17) is 16.0 Å². The zero-order chi connectivity index (χ0) is 15.6. The van der Waals surface area contributed by atoms with Crippen LogP contribution in [-0.2, 0) is 6.18 Å². The van der Waals surface area contributed by atoms with Gasteiger partial charge in [0.15, 0.2) is 0 Å². The molecule has 0 amide bonds. The Bertz CT molecular complexity index is 629. The van der Waals surface area contributed by atoms with E-state index in [0.29, 0.717) is 0 Å². The maximum absolute atomic E-state index is 12.9. The van der Waals surface area contributed by atoms with Crippen LogP contribution >= 0.6 is 11.6 Å². The molecule has 2 N–H and O–H groups in total. The molecule has 5 nitrogen and oxygen atoms in total. The van der Waals surface area contributed by atoms with Gasteiger partial charge in [-0.3, -0.25) is 0 Å². The molecule has 1 heterocycles. The van der Waals surface area contributed by atoms with Gasteiger partial charge >= 0.3 is 12.2 Å². The molecule has 0 aliphatic carbocycles. The van der Waals surface area contributed by atoms with Crippen molar-refractivity contribution in [2.75, 3.05) is 12.4 Å². The number of nitrogens with zero attached hydrogens (tertiary/aromatic N) is 2. The molecule has 0 aliphatic rings. The van der Waals surface area contributed by atoms with Crippen LogP contribution < -0.4 is 10.6 Å². The predicted molar refractivity (Wildman–Crippen MR) is 71.5 cm³/mol. The molecule has 0 spiro atoms. The number of hydrogen-bond donors (Lipinski definition) is 2. The molecular formula is C12H12ClF3N4O. The number of alkyl halides is 3. The highest BCUT2D eigenvalue weighted by molar-refractivity contribution is 6.33. The summed E-state index contributed by atoms with van der Waals surface area (Å²) in [4.78, 5) is 0. The van der Waals surface area contributed by atoms with Crippen LogP contribution in [0, 0.1) is 0 Å². The van der Waals surface area contributed by atoms with Crippen LogP contribution in [0.4, 0.5) is 24.9 Å². The number of benzene rings is 1. The Kier molecular flexibility index (Phi) is 4.38. The minimum atomic E-state index is -4.55. The largest absolute Gasteiger partial charge is 0.418 e. The standard InChI is InChI=1S/C12H12ClF3N4O/c1-6(17-2)10-19-20-11(21-10)18-9-7(12(14,15)16)4-3-5-8(9)13/h3-6,17H,1-2H3,(H,18,20). The van der Waals surface area contributed by atoms with Crippen molar-refractivity contribution in [1.82, 2.24) is 15.5 Å². The maximum Gasteiger partial charge on any atom is 0.418 e. The van der Waals surface area contributed by atoms with Crippen molar-refractivity contribution in [1.29, 1.82) is 0 Å². The quantitative estimate of drug-likeness (QED) is 0.898. The summed E-state index contributed by atoms with van der Waals surface area (Å²) in [6.45, 7) is 1.77. The van der Waals surface area contributed by atoms with E-state index in [1.807, 2.05) is 0 Å². The summed E-state index contributed by atoms with van der Waals surface area (Å²) < 4.78 is 44.1. The van der Waals surface area contributed by atoms with Crippen molar-refractivity contribution in [3.05, 3.63) is 34.7 Å². The maximum atomic E-state index is 12.9. The zero-order valence-electron chi connectivity index (χ0n) is 11.1. The Balaban J connectivity index is 2.33. The molecule has 0 saturated heterocycles. The monoisotopic (exact) mass is 320 g/mol. The second kappa shape index (κ2) is 5.90. The molecule has 0 bridgehead atoms. The van der Waals surface area contributed by atoms with Gasteiger partial charge in [-0.15, -0.1) is 5.10 Å². The second-order valence-electron chi connectivity index (χ2n) is 4.24. The number of halogens is 4. The molecule has 0 saturated carbocycles. The summed E-state index contributed by atoms with van der Waals surface area (Å²) >= 11 is 5.82. The van der Waals surface area contributed by atoms with Gasteiger partial charge in [-0.1, -0.05) is 22.8 Å². The molecule has 9 heteroatoms. The molecule has 0 radical (unpaired) electrons. The zero-order valence-corrected chi connectivity index (χ0v) is 11.9. The van der Waals surface area contributed by atoms with Crippen LogP contribution in [0.1, 0.15) is 24.4 Å². The molecule has 114 valence electrons. The van der Waals surface area contributed by atoms with Crippen molar-refractivity contribution in [2.45, 2.75) is 19.1 Å². The van der Waals surface area contributed by atoms with Crippen LogP contribution in [0.2, 0.25) is 5.02 Å². The minimum Gasteiger partial charge on any atom is -0.406 e. The molecule has 21 heavy (non-hydrogen) atoms. The van der Waals surface area contributed by atoms with Crippen LogP contribution in [0.15, 0.2) is 22.6 Å². The van der Waals surface area contributed by atoms with Gasteiger partial charge in [0.1, 0.15) is 0 Å². The van der Waals surface area contributed by atoms with Crippen LogP contribution in [0.5, 0.6) is 0 Å². The highest BCUT2D eigenvalue weighted by Crippen LogP contribution is 2.39. The second-order valence-corrected chi connectivity index (χ2v) is 4.65. The van der Waals surface area contributed by atoms with Gasteiger partial charge in [0.25, 0.3) is 0 Å². The molecule has 1 aromatic carbocycles. The van der Waals surface area contributed by atoms with Gasteiger partial charge < -0.3 is 15.1 Å². The molecule has 0 fully saturated rings. The smallest absolute Gasteiger partial charge is 0.406 e. The summed E-state index contributed by atoms with van der Waals surface area (Å²) in [6, 6.07) is 3.10. The highest BCUT2D eigenvalue weighted by atomic mass is 35.5. The van der Waals surface area contributed by atoms with Gasteiger partial charge in [0.05, 0.1) is 22.3 Å². The van der Waals surface area contributed by atoms with Gasteiger partial charge in [-0.05, 0) is 26.1 Å². The van der Waals surface area contributed by atoms with E-state index in [1.54, 1.807) is 14.0 Å². The van der Waals surface area contributed by atoms with E-state index in [1.165, 1.54) is 12.1 Å². The Morgan fingerprint density at radius 3 is 2.62 bits per heavy atom. The lowest BCUT2D eigenvalue weighted by molar-refractivity contribution is -0.136. The van der Waals surface area contributed by atoms with E-state index < -0.39 is 11.7 Å². The summed E-state index contributed by atoms with van der Waals surface area (Å²) in [5.74, 6) is 0.251. The number of rotatable bonds is 4. The Hall–Kier alpha value is -1.80. The fourth-order valence-electron chi connectivity index (χ4n) is 1.58. The SMILES string of the molecule is CNC(C)c1nnc(Nc2c(Cl)cccc2C(F)(F)F)o1. The van der Waals surface area contributed by atoms with E-state index in [-0.39, 0.29) is 28.7 Å². The average molecular weight is 321 g/mol. The first-order chi connectivity index (χ1) is 9.82. The summed E-state index contributed by atoms with van der Waals surface area (Å²) in [7, 11) is 1.69. The Labute approximate surface area is 123 Å². The van der Waals surface area contributed by atoms with Crippen LogP contribution in [0.25, 0.3) is 0 Å². The normalized spacial score (nSPS) is 13.2. The van der Waals surface area contributed by atoms with E-state index >= 15 is 0 Å². The lowest BCUT2D eigenvalue weighted by Gasteiger charge is -2.13. The first-order valence-corrected chi connectivity index (χ1v) is 6.34. The molecule has 0 aliphatic heterocycles. The summed E-state index contributed by atoms with van der Waals surface area (Å²) in [6.07, 6.45) is -4.55. The minimum absolute atomic E-state index is 0.0914. The van der Waals surface area contributed by atoms with Crippen molar-refractivity contribution < 1.29 is 17.6 Å². The van der Waals surface area contributed by atoms with E-state index in [9.17, 15) is 13.2 Å². The first-order valence-electron chi connectivity index (χ1n) is 5.96. The van der Waals surface area contributed by atoms with Gasteiger partial charge in [-0.2, -0.15) is 13.2 Å². The fraction of sp³-hybridized carbons (Fsp3) is 0.333. The molecule has 1 aromatic heterocycles. The topological polar surface area (TPSA) is 63.0 Å². The lowest BCUT2D eigenvalue weighted by Crippen LogP contribution is -2.12. The molecule has 2 aromatic rings. The Morgan fingerprint density at radius 1 is 1.29 bits per heavy atom. The summed E-state index contributed by atoms with van der Waals surface area (Å²) in [5, 5.41) is 12.6. The highest BCUT2D eigenvalue weighted by Gasteiger charge is 2.34. The number of anilines is 2. The number of nitrogens with one attached hydrogen (secondary N) is 2. The van der Waals surface area contributed by atoms with Gasteiger partial charge in [-0.25, -0.2) is 0 Å². The van der Waals surface area contributed by atoms with Crippen molar-refractivity contribution >= 4 is 23.3 Å². The van der Waals surface area contributed by atoms with E-state index in [2.05, 4.69) is 20.8 Å². The molecule has 1 atom stereocenters. The van der Waals surface area contributed by atoms with E-state index in [0.717, 1.165) is 6.07 Å². The van der Waals surface area contributed by atoms with Gasteiger partial charge in [0, 0.05) is 0 Å². The third kappa shape index (κ3) is 3.45. The first kappa shape index (κ1) is 15.6. The third-order valence-corrected chi connectivity index (χ3v) is 3.11. The fourth-order valence-corrected chi connectivity index (χ4v) is 1.80. The Morgan fingerprint density at radius 2 is 2.00 bits per heavy atom. The van der Waals surface area contributed by atoms with Crippen molar-refractivity contribution in [3.8, 4) is 0 Å². The molecular weight excluding hydrogens is 309 g/mol. The number of aromatic nitrogens is 2. The molecule has 1 unspecified atom stereocenters. The number of hydrogen-bond acceptors (Lipinski definition) is 5. The lowest BCUT2D eigenvalue weighted by atomic mass is 10.1. The third-order valence-electron chi connectivity index (χ3n) is 2.80. The van der Waals surface area contributed by atoms with Crippen molar-refractivity contribution in [2.24, 2.45) is 0 Å². The van der Waals surface area contributed by atoms with Gasteiger partial charge in [0.2, 0.25) is 5.89 Å². The summed E-state index contributed by atoms with van der Waals surface area (Å²) in [5.41, 5.74) is -1.23. The van der Waals surface area contributed by atoms with Crippen LogP contribution in [0.3, 0.4) is 0 Å². The average Bonchev–Trinajstić information content (AvgIpc) is 2.87. The molecule has 2 rings (SSSR count). The number of para-hydroxylation sites is 1. The predicted octanol–water partition coefficient (Wildman–Crippen LogP) is 3.77. The van der Waals surface area contributed by atoms with Crippen molar-refractivity contribution in [3.63, 3.8) is 0 Å². The van der Waals surface area contributed by atoms with Crippen LogP contribution in [-0.4, -0.2) is 17.2 Å².